The number of aliphatic hydroxyl groups excluding tert-OH is 1. The molecule has 0 aromatic heterocycles. The molecule has 0 aliphatic carbocycles. The van der Waals surface area contributed by atoms with E-state index in [1.807, 2.05) is 42.5 Å². The van der Waals surface area contributed by atoms with E-state index in [9.17, 15) is 9.90 Å². The number of nitrogens with one attached hydrogen (secondary N) is 1. The molecule has 0 spiro atoms. The number of hydrogen-bond acceptors (Lipinski definition) is 3. The Hall–Kier alpha value is -1.91. The topological polar surface area (TPSA) is 58.6 Å². The average Bonchev–Trinajstić information content (AvgIpc) is 3.06. The summed E-state index contributed by atoms with van der Waals surface area (Å²) < 4.78 is 5.19. The van der Waals surface area contributed by atoms with Crippen LogP contribution in [0, 0.1) is 5.92 Å². The summed E-state index contributed by atoms with van der Waals surface area (Å²) in [6.07, 6.45) is 0.0682. The van der Waals surface area contributed by atoms with E-state index in [2.05, 4.69) is 5.32 Å². The van der Waals surface area contributed by atoms with E-state index in [4.69, 9.17) is 4.74 Å². The Balaban J connectivity index is 1.63. The van der Waals surface area contributed by atoms with Crippen molar-refractivity contribution in [1.82, 2.24) is 5.32 Å². The van der Waals surface area contributed by atoms with Crippen molar-refractivity contribution in [2.24, 2.45) is 5.92 Å². The quantitative estimate of drug-likeness (QED) is 0.903. The number of fused-ring (bicyclic) bond motifs is 1. The van der Waals surface area contributed by atoms with Crippen LogP contribution in [0.2, 0.25) is 0 Å². The van der Waals surface area contributed by atoms with E-state index in [1.54, 1.807) is 0 Å². The summed E-state index contributed by atoms with van der Waals surface area (Å²) in [6, 6.07) is 13.9. The maximum absolute atomic E-state index is 11.9. The van der Waals surface area contributed by atoms with Crippen LogP contribution in [-0.4, -0.2) is 30.8 Å². The van der Waals surface area contributed by atoms with Gasteiger partial charge in [0.15, 0.2) is 0 Å². The predicted molar refractivity (Wildman–Crippen MR) is 80.8 cm³/mol. The van der Waals surface area contributed by atoms with Gasteiger partial charge in [0.25, 0.3) is 0 Å². The normalized spacial score (nSPS) is 19.6. The molecule has 2 atom stereocenters. The van der Waals surface area contributed by atoms with Crippen LogP contribution >= 0.6 is 0 Å². The van der Waals surface area contributed by atoms with Gasteiger partial charge in [-0.2, -0.15) is 0 Å². The molecule has 21 heavy (non-hydrogen) atoms. The zero-order valence-electron chi connectivity index (χ0n) is 11.8. The van der Waals surface area contributed by atoms with E-state index >= 15 is 0 Å². The van der Waals surface area contributed by atoms with Gasteiger partial charge in [-0.05, 0) is 28.8 Å². The number of carbonyl (C=O) groups is 1. The minimum absolute atomic E-state index is 0.0349. The second kappa shape index (κ2) is 6.24. The molecule has 1 aliphatic rings. The molecule has 0 radical (unpaired) electrons. The Morgan fingerprint density at radius 3 is 2.86 bits per heavy atom. The van der Waals surface area contributed by atoms with Crippen molar-refractivity contribution in [1.29, 1.82) is 0 Å². The van der Waals surface area contributed by atoms with Gasteiger partial charge in [-0.15, -0.1) is 0 Å². The second-order valence-corrected chi connectivity index (χ2v) is 5.43. The zero-order chi connectivity index (χ0) is 14.7. The highest BCUT2D eigenvalue weighted by molar-refractivity contribution is 5.83. The smallest absolute Gasteiger partial charge is 0.225 e. The molecular formula is C17H19NO3. The molecule has 3 rings (SSSR count). The molecule has 1 saturated heterocycles. The molecule has 1 aliphatic heterocycles. The summed E-state index contributed by atoms with van der Waals surface area (Å²) in [6.45, 7) is 1.36. The Bertz CT molecular complexity index is 635. The van der Waals surface area contributed by atoms with Gasteiger partial charge in [-0.1, -0.05) is 36.4 Å². The van der Waals surface area contributed by atoms with Gasteiger partial charge in [-0.25, -0.2) is 0 Å². The lowest BCUT2D eigenvalue weighted by atomic mass is 10.0. The summed E-state index contributed by atoms with van der Waals surface area (Å²) in [5.74, 6) is -0.110. The van der Waals surface area contributed by atoms with E-state index in [0.717, 1.165) is 22.8 Å². The molecule has 2 aromatic rings. The molecule has 2 N–H and O–H groups in total. The fraction of sp³-hybridized carbons (Fsp3) is 0.353. The molecule has 4 heteroatoms. The fourth-order valence-electron chi connectivity index (χ4n) is 2.62. The highest BCUT2D eigenvalue weighted by atomic mass is 16.5. The number of carbonyl (C=O) groups excluding carboxylic acids is 1. The van der Waals surface area contributed by atoms with Gasteiger partial charge < -0.3 is 15.2 Å². The highest BCUT2D eigenvalue weighted by Gasteiger charge is 2.23. The number of ether oxygens (including phenoxy) is 1. The van der Waals surface area contributed by atoms with Crippen LogP contribution in [0.3, 0.4) is 0 Å². The number of rotatable bonds is 4. The lowest BCUT2D eigenvalue weighted by Gasteiger charge is -2.15. The third-order valence-electron chi connectivity index (χ3n) is 3.93. The molecular weight excluding hydrogens is 266 g/mol. The number of hydrogen-bond donors (Lipinski definition) is 2. The summed E-state index contributed by atoms with van der Waals surface area (Å²) in [5.41, 5.74) is 0.816. The molecule has 4 nitrogen and oxygen atoms in total. The first-order valence-corrected chi connectivity index (χ1v) is 7.26. The van der Waals surface area contributed by atoms with Crippen molar-refractivity contribution in [2.45, 2.75) is 12.5 Å². The lowest BCUT2D eigenvalue weighted by molar-refractivity contribution is -0.125. The summed E-state index contributed by atoms with van der Waals surface area (Å²) in [4.78, 5) is 11.9. The van der Waals surface area contributed by atoms with Crippen molar-refractivity contribution < 1.29 is 14.6 Å². The van der Waals surface area contributed by atoms with E-state index in [1.165, 1.54) is 0 Å². The Kier molecular flexibility index (Phi) is 4.18. The predicted octanol–water partition coefficient (Wildman–Crippen LogP) is 2.03. The van der Waals surface area contributed by atoms with Gasteiger partial charge in [-0.3, -0.25) is 4.79 Å². The van der Waals surface area contributed by atoms with Crippen LogP contribution in [0.25, 0.3) is 10.8 Å². The Morgan fingerprint density at radius 2 is 2.10 bits per heavy atom. The molecule has 0 bridgehead atoms. The minimum atomic E-state index is -0.694. The number of benzene rings is 2. The maximum Gasteiger partial charge on any atom is 0.225 e. The number of amides is 1. The Labute approximate surface area is 123 Å². The van der Waals surface area contributed by atoms with E-state index in [0.29, 0.717) is 13.2 Å². The molecule has 1 heterocycles. The zero-order valence-corrected chi connectivity index (χ0v) is 11.8. The van der Waals surface area contributed by atoms with Crippen LogP contribution in [0.1, 0.15) is 18.1 Å². The van der Waals surface area contributed by atoms with Crippen molar-refractivity contribution in [3.05, 3.63) is 48.0 Å². The van der Waals surface area contributed by atoms with Crippen LogP contribution < -0.4 is 5.32 Å². The minimum Gasteiger partial charge on any atom is -0.387 e. The van der Waals surface area contributed by atoms with E-state index < -0.39 is 6.10 Å². The van der Waals surface area contributed by atoms with Crippen molar-refractivity contribution >= 4 is 16.7 Å². The highest BCUT2D eigenvalue weighted by Crippen LogP contribution is 2.20. The van der Waals surface area contributed by atoms with Gasteiger partial charge >= 0.3 is 0 Å². The van der Waals surface area contributed by atoms with Crippen molar-refractivity contribution in [2.75, 3.05) is 19.8 Å². The largest absolute Gasteiger partial charge is 0.387 e. The van der Waals surface area contributed by atoms with Crippen molar-refractivity contribution in [3.8, 4) is 0 Å². The molecule has 0 saturated carbocycles. The molecule has 110 valence electrons. The monoisotopic (exact) mass is 285 g/mol. The third-order valence-corrected chi connectivity index (χ3v) is 3.93. The summed E-state index contributed by atoms with van der Waals surface area (Å²) in [7, 11) is 0. The maximum atomic E-state index is 11.9. The van der Waals surface area contributed by atoms with Crippen LogP contribution in [-0.2, 0) is 9.53 Å². The third kappa shape index (κ3) is 3.23. The van der Waals surface area contributed by atoms with Gasteiger partial charge in [0.1, 0.15) is 0 Å². The lowest BCUT2D eigenvalue weighted by Crippen LogP contribution is -2.34. The Morgan fingerprint density at radius 1 is 1.29 bits per heavy atom. The average molecular weight is 285 g/mol. The van der Waals surface area contributed by atoms with Gasteiger partial charge in [0.2, 0.25) is 5.91 Å². The summed E-state index contributed by atoms with van der Waals surface area (Å²) in [5, 5.41) is 15.3. The van der Waals surface area contributed by atoms with Gasteiger partial charge in [0.05, 0.1) is 18.6 Å². The molecule has 2 aromatic carbocycles. The van der Waals surface area contributed by atoms with Gasteiger partial charge in [0, 0.05) is 13.2 Å². The van der Waals surface area contributed by atoms with Crippen LogP contribution in [0.4, 0.5) is 0 Å². The van der Waals surface area contributed by atoms with Crippen LogP contribution in [0.5, 0.6) is 0 Å². The SMILES string of the molecule is O=C(NC[C@H](O)c1ccc2ccccc2c1)[C@H]1CCOC1. The second-order valence-electron chi connectivity index (χ2n) is 5.43. The van der Waals surface area contributed by atoms with Crippen LogP contribution in [0.15, 0.2) is 42.5 Å². The number of aliphatic hydroxyl groups is 1. The summed E-state index contributed by atoms with van der Waals surface area (Å²) >= 11 is 0. The fourth-order valence-corrected chi connectivity index (χ4v) is 2.62. The molecule has 0 unspecified atom stereocenters. The standard InChI is InChI=1S/C17H19NO3/c19-16(10-18-17(20)15-7-8-21-11-15)14-6-5-12-3-1-2-4-13(12)9-14/h1-6,9,15-16,19H,7-8,10-11H2,(H,18,20)/t15-,16-/m0/s1. The van der Waals surface area contributed by atoms with E-state index in [-0.39, 0.29) is 18.4 Å². The molecule has 1 fully saturated rings. The first-order chi connectivity index (χ1) is 10.2. The first-order valence-electron chi connectivity index (χ1n) is 7.26. The first kappa shape index (κ1) is 14.0. The van der Waals surface area contributed by atoms with Crippen molar-refractivity contribution in [3.63, 3.8) is 0 Å². The molecule has 1 amide bonds.